The zero-order valence-corrected chi connectivity index (χ0v) is 12.8. The van der Waals surface area contributed by atoms with Crippen LogP contribution in [0.3, 0.4) is 0 Å². The van der Waals surface area contributed by atoms with Gasteiger partial charge in [-0.15, -0.1) is 0 Å². The molecule has 0 saturated heterocycles. The zero-order chi connectivity index (χ0) is 15.8. The summed E-state index contributed by atoms with van der Waals surface area (Å²) in [4.78, 5) is 23.0. The molecule has 1 amide bonds. The van der Waals surface area contributed by atoms with Crippen molar-refractivity contribution in [2.45, 2.75) is 46.1 Å². The number of unbranched alkanes of at least 4 members (excludes halogenated alkanes) is 1. The molecule has 1 atom stereocenters. The highest BCUT2D eigenvalue weighted by atomic mass is 16.6. The van der Waals surface area contributed by atoms with Gasteiger partial charge in [-0.05, 0) is 32.4 Å². The van der Waals surface area contributed by atoms with E-state index in [4.69, 9.17) is 0 Å². The summed E-state index contributed by atoms with van der Waals surface area (Å²) in [6.45, 7) is 6.40. The molecule has 6 heteroatoms. The largest absolute Gasteiger partial charge is 0.380 e. The fraction of sp³-hybridized carbons (Fsp3) is 0.533. The summed E-state index contributed by atoms with van der Waals surface area (Å²) in [7, 11) is 0. The Morgan fingerprint density at radius 1 is 1.38 bits per heavy atom. The summed E-state index contributed by atoms with van der Waals surface area (Å²) in [6.07, 6.45) is 2.93. The van der Waals surface area contributed by atoms with Crippen LogP contribution in [0.1, 0.15) is 50.4 Å². The lowest BCUT2D eigenvalue weighted by atomic mass is 10.1. The van der Waals surface area contributed by atoms with Gasteiger partial charge in [-0.25, -0.2) is 0 Å². The number of nitrogens with zero attached hydrogens (tertiary/aromatic N) is 1. The van der Waals surface area contributed by atoms with Crippen molar-refractivity contribution in [2.75, 3.05) is 11.9 Å². The van der Waals surface area contributed by atoms with Crippen LogP contribution in [0.4, 0.5) is 11.4 Å². The van der Waals surface area contributed by atoms with E-state index in [0.29, 0.717) is 12.2 Å². The van der Waals surface area contributed by atoms with Crippen LogP contribution >= 0.6 is 0 Å². The van der Waals surface area contributed by atoms with Crippen molar-refractivity contribution in [1.82, 2.24) is 5.32 Å². The summed E-state index contributed by atoms with van der Waals surface area (Å²) in [5.41, 5.74) is 0.303. The second-order valence-electron chi connectivity index (χ2n) is 5.01. The van der Waals surface area contributed by atoms with Gasteiger partial charge in [-0.3, -0.25) is 14.9 Å². The lowest BCUT2D eigenvalue weighted by Gasteiger charge is -2.14. The van der Waals surface area contributed by atoms with Crippen LogP contribution in [0.15, 0.2) is 18.2 Å². The molecule has 1 aromatic rings. The predicted molar refractivity (Wildman–Crippen MR) is 83.7 cm³/mol. The highest BCUT2D eigenvalue weighted by Crippen LogP contribution is 2.28. The molecule has 1 rings (SSSR count). The van der Waals surface area contributed by atoms with Gasteiger partial charge < -0.3 is 10.6 Å². The van der Waals surface area contributed by atoms with E-state index in [1.807, 2.05) is 13.8 Å². The van der Waals surface area contributed by atoms with Crippen LogP contribution in [0.2, 0.25) is 0 Å². The molecular weight excluding hydrogens is 270 g/mol. The Balaban J connectivity index is 2.98. The van der Waals surface area contributed by atoms with Gasteiger partial charge in [0.25, 0.3) is 5.91 Å². The Kier molecular flexibility index (Phi) is 6.65. The highest BCUT2D eigenvalue weighted by Gasteiger charge is 2.24. The summed E-state index contributed by atoms with van der Waals surface area (Å²) in [5, 5.41) is 17.0. The van der Waals surface area contributed by atoms with Crippen molar-refractivity contribution in [2.24, 2.45) is 0 Å². The van der Waals surface area contributed by atoms with Crippen molar-refractivity contribution in [3.05, 3.63) is 33.9 Å². The quantitative estimate of drug-likeness (QED) is 0.568. The lowest BCUT2D eigenvalue weighted by molar-refractivity contribution is -0.384. The average Bonchev–Trinajstić information content (AvgIpc) is 2.44. The number of carbonyl (C=O) groups excluding carboxylic acids is 1. The van der Waals surface area contributed by atoms with Crippen molar-refractivity contribution in [1.29, 1.82) is 0 Å². The van der Waals surface area contributed by atoms with E-state index in [0.717, 1.165) is 19.3 Å². The zero-order valence-electron chi connectivity index (χ0n) is 12.8. The van der Waals surface area contributed by atoms with Crippen molar-refractivity contribution in [3.63, 3.8) is 0 Å². The van der Waals surface area contributed by atoms with Crippen LogP contribution in [-0.4, -0.2) is 23.4 Å². The van der Waals surface area contributed by atoms with Gasteiger partial charge in [0.1, 0.15) is 11.3 Å². The molecule has 1 aromatic carbocycles. The molecule has 2 N–H and O–H groups in total. The number of anilines is 1. The maximum Gasteiger partial charge on any atom is 0.305 e. The Hall–Kier alpha value is -2.11. The number of nitro benzene ring substituents is 1. The molecule has 116 valence electrons. The molecule has 0 aliphatic carbocycles. The van der Waals surface area contributed by atoms with Gasteiger partial charge in [0.2, 0.25) is 0 Å². The Morgan fingerprint density at radius 3 is 2.67 bits per heavy atom. The summed E-state index contributed by atoms with van der Waals surface area (Å²) < 4.78 is 0. The number of benzene rings is 1. The molecule has 0 fully saturated rings. The molecule has 1 unspecified atom stereocenters. The molecule has 0 heterocycles. The molecule has 0 radical (unpaired) electrons. The number of carbonyl (C=O) groups is 1. The SMILES string of the molecule is CCCCC(C)NC(=O)c1cccc(NCC)c1[N+](=O)[O-]. The molecule has 0 aromatic heterocycles. The fourth-order valence-electron chi connectivity index (χ4n) is 2.14. The number of hydrogen-bond acceptors (Lipinski definition) is 4. The average molecular weight is 293 g/mol. The maximum absolute atomic E-state index is 12.3. The second kappa shape index (κ2) is 8.24. The lowest BCUT2D eigenvalue weighted by Crippen LogP contribution is -2.33. The van der Waals surface area contributed by atoms with Gasteiger partial charge >= 0.3 is 5.69 Å². The fourth-order valence-corrected chi connectivity index (χ4v) is 2.14. The van der Waals surface area contributed by atoms with Gasteiger partial charge in [0.05, 0.1) is 4.92 Å². The van der Waals surface area contributed by atoms with Crippen LogP contribution in [0.25, 0.3) is 0 Å². The molecule has 0 spiro atoms. The van der Waals surface area contributed by atoms with Crippen LogP contribution in [0.5, 0.6) is 0 Å². The second-order valence-corrected chi connectivity index (χ2v) is 5.01. The third kappa shape index (κ3) is 4.73. The predicted octanol–water partition coefficient (Wildman–Crippen LogP) is 3.34. The molecule has 0 saturated carbocycles. The van der Waals surface area contributed by atoms with E-state index in [2.05, 4.69) is 17.6 Å². The summed E-state index contributed by atoms with van der Waals surface area (Å²) in [6, 6.07) is 4.75. The van der Waals surface area contributed by atoms with Crippen LogP contribution in [-0.2, 0) is 0 Å². The minimum absolute atomic E-state index is 0.000144. The van der Waals surface area contributed by atoms with E-state index in [1.165, 1.54) is 6.07 Å². The van der Waals surface area contributed by atoms with E-state index >= 15 is 0 Å². The Morgan fingerprint density at radius 2 is 2.10 bits per heavy atom. The van der Waals surface area contributed by atoms with Crippen molar-refractivity contribution in [3.8, 4) is 0 Å². The number of rotatable bonds is 8. The van der Waals surface area contributed by atoms with Crippen molar-refractivity contribution < 1.29 is 9.72 Å². The number of nitrogens with one attached hydrogen (secondary N) is 2. The summed E-state index contributed by atoms with van der Waals surface area (Å²) in [5.74, 6) is -0.398. The molecule has 0 aliphatic heterocycles. The minimum Gasteiger partial charge on any atom is -0.380 e. The van der Waals surface area contributed by atoms with Gasteiger partial charge in [-0.1, -0.05) is 25.8 Å². The molecule has 0 aliphatic rings. The monoisotopic (exact) mass is 293 g/mol. The maximum atomic E-state index is 12.3. The smallest absolute Gasteiger partial charge is 0.305 e. The normalized spacial score (nSPS) is 11.8. The van der Waals surface area contributed by atoms with E-state index in [1.54, 1.807) is 12.1 Å². The van der Waals surface area contributed by atoms with Crippen molar-refractivity contribution >= 4 is 17.3 Å². The Bertz CT molecular complexity index is 503. The Labute approximate surface area is 125 Å². The topological polar surface area (TPSA) is 84.3 Å². The van der Waals surface area contributed by atoms with Gasteiger partial charge in [-0.2, -0.15) is 0 Å². The van der Waals surface area contributed by atoms with Crippen LogP contribution < -0.4 is 10.6 Å². The number of nitro groups is 1. The molecule has 6 nitrogen and oxygen atoms in total. The standard InChI is InChI=1S/C15H23N3O3/c1-4-6-8-11(3)17-15(19)12-9-7-10-13(16-5-2)14(12)18(20)21/h7,9-11,16H,4-6,8H2,1-3H3,(H,17,19). The first-order valence-electron chi connectivity index (χ1n) is 7.33. The third-order valence-electron chi connectivity index (χ3n) is 3.20. The first-order chi connectivity index (χ1) is 10.0. The number of para-hydroxylation sites is 1. The number of amides is 1. The minimum atomic E-state index is -0.510. The molecule has 0 bridgehead atoms. The number of hydrogen-bond donors (Lipinski definition) is 2. The van der Waals surface area contributed by atoms with Gasteiger partial charge in [0.15, 0.2) is 0 Å². The van der Waals surface area contributed by atoms with E-state index in [-0.39, 0.29) is 17.3 Å². The van der Waals surface area contributed by atoms with E-state index < -0.39 is 10.8 Å². The third-order valence-corrected chi connectivity index (χ3v) is 3.20. The molecular formula is C15H23N3O3. The van der Waals surface area contributed by atoms with Gasteiger partial charge in [0, 0.05) is 12.6 Å². The first kappa shape index (κ1) is 16.9. The highest BCUT2D eigenvalue weighted by molar-refractivity contribution is 6.00. The van der Waals surface area contributed by atoms with E-state index in [9.17, 15) is 14.9 Å². The first-order valence-corrected chi connectivity index (χ1v) is 7.33. The summed E-state index contributed by atoms with van der Waals surface area (Å²) >= 11 is 0. The van der Waals surface area contributed by atoms with Crippen LogP contribution in [0, 0.1) is 10.1 Å². The molecule has 21 heavy (non-hydrogen) atoms.